The van der Waals surface area contributed by atoms with Crippen molar-refractivity contribution >= 4 is 79.9 Å². The minimum Gasteiger partial charge on any atom is -0.300 e. The smallest absolute Gasteiger partial charge is 0.176 e. The molecule has 0 amide bonds. The Morgan fingerprint density at radius 2 is 0.969 bits per heavy atom. The van der Waals surface area contributed by atoms with Crippen LogP contribution in [0.25, 0.3) is 0 Å². The zero-order valence-electron chi connectivity index (χ0n) is 18.6. The van der Waals surface area contributed by atoms with E-state index >= 15 is 0 Å². The van der Waals surface area contributed by atoms with Crippen molar-refractivity contribution in [2.45, 2.75) is 66.2 Å². The molecule has 2 saturated carbocycles. The van der Waals surface area contributed by atoms with E-state index in [2.05, 4.69) is 0 Å². The predicted molar refractivity (Wildman–Crippen MR) is 134 cm³/mol. The lowest BCUT2D eigenvalue weighted by atomic mass is 9.60. The van der Waals surface area contributed by atoms with Gasteiger partial charge >= 0.3 is 0 Å². The first-order chi connectivity index (χ1) is 14.8. The van der Waals surface area contributed by atoms with Crippen LogP contribution in [0.15, 0.2) is 18.3 Å². The highest BCUT2D eigenvalue weighted by Crippen LogP contribution is 2.49. The Morgan fingerprint density at radius 3 is 1.28 bits per heavy atom. The molecule has 4 aliphatic rings. The average Bonchev–Trinajstić information content (AvgIpc) is 2.74. The highest BCUT2D eigenvalue weighted by molar-refractivity contribution is 14.1. The van der Waals surface area contributed by atoms with E-state index in [4.69, 9.17) is 0 Å². The number of Topliss-reactive ketones (excluding diaryl/α,β-unsaturated/α-hetero) is 6. The molecule has 0 unspecified atom stereocenters. The minimum atomic E-state index is -0.775. The van der Waals surface area contributed by atoms with Crippen LogP contribution in [0.5, 0.6) is 0 Å². The Bertz CT molecular complexity index is 953. The van der Waals surface area contributed by atoms with Gasteiger partial charge in [0.2, 0.25) is 0 Å². The minimum absolute atomic E-state index is 0.0248. The Hall–Kier alpha value is -1.04. The van der Waals surface area contributed by atoms with Crippen LogP contribution in [-0.4, -0.2) is 34.7 Å². The van der Waals surface area contributed by atoms with Crippen LogP contribution in [0.4, 0.5) is 0 Å². The summed E-state index contributed by atoms with van der Waals surface area (Å²) in [5.74, 6) is -0.302. The van der Waals surface area contributed by atoms with E-state index in [9.17, 15) is 28.8 Å². The molecule has 8 heteroatoms. The fourth-order valence-electron chi connectivity index (χ4n) is 5.39. The van der Waals surface area contributed by atoms with Crippen LogP contribution in [0.2, 0.25) is 0 Å². The highest BCUT2D eigenvalue weighted by Gasteiger charge is 2.54. The SMILES string of the molecule is CC1=C(I)C(=O)[C@]2(C)CC(=O)CC[C@@H]2C1=O.CC1=C(I)C(=O)[C@]2(C)CC(=O)CC[C@@H]2C1=O. The zero-order valence-corrected chi connectivity index (χ0v) is 22.9. The van der Waals surface area contributed by atoms with Crippen molar-refractivity contribution in [3.8, 4) is 0 Å². The lowest BCUT2D eigenvalue weighted by Gasteiger charge is -2.41. The van der Waals surface area contributed by atoms with Crippen molar-refractivity contribution in [3.05, 3.63) is 18.3 Å². The van der Waals surface area contributed by atoms with Gasteiger partial charge in [-0.3, -0.25) is 28.8 Å². The fraction of sp³-hybridized carbons (Fsp3) is 0.583. The summed E-state index contributed by atoms with van der Waals surface area (Å²) in [6.45, 7) is 6.94. The maximum absolute atomic E-state index is 12.2. The number of halogens is 2. The van der Waals surface area contributed by atoms with Crippen LogP contribution in [-0.2, 0) is 28.8 Å². The lowest BCUT2D eigenvalue weighted by molar-refractivity contribution is -0.143. The molecule has 0 aromatic rings. The molecule has 4 atom stereocenters. The number of allylic oxidation sites excluding steroid dienone is 4. The number of fused-ring (bicyclic) bond motifs is 2. The van der Waals surface area contributed by atoms with Gasteiger partial charge in [-0.25, -0.2) is 0 Å². The standard InChI is InChI=1S/2C12H13IO3/c2*1-6-9(13)11(16)12(2)5-7(14)3-4-8(12)10(6)15/h2*8H,3-5H2,1-2H3/t2*8-,12-/m11/s1. The third kappa shape index (κ3) is 4.03. The van der Waals surface area contributed by atoms with E-state index in [1.807, 2.05) is 45.2 Å². The summed E-state index contributed by atoms with van der Waals surface area (Å²) >= 11 is 3.86. The molecule has 2 fully saturated rings. The molecule has 172 valence electrons. The van der Waals surface area contributed by atoms with Crippen LogP contribution in [0, 0.1) is 22.7 Å². The second kappa shape index (κ2) is 8.96. The van der Waals surface area contributed by atoms with Gasteiger partial charge in [0, 0.05) is 59.5 Å². The third-order valence-corrected chi connectivity index (χ3v) is 10.2. The molecule has 0 aromatic carbocycles. The number of carbonyl (C=O) groups is 6. The largest absolute Gasteiger partial charge is 0.300 e. The van der Waals surface area contributed by atoms with Gasteiger partial charge in [-0.2, -0.15) is 0 Å². The second-order valence-corrected chi connectivity index (χ2v) is 11.9. The first-order valence-electron chi connectivity index (χ1n) is 10.7. The fourth-order valence-corrected chi connectivity index (χ4v) is 7.15. The van der Waals surface area contributed by atoms with Crippen molar-refractivity contribution in [1.29, 1.82) is 0 Å². The first-order valence-corrected chi connectivity index (χ1v) is 12.9. The number of rotatable bonds is 0. The zero-order chi connectivity index (χ0) is 24.2. The summed E-state index contributed by atoms with van der Waals surface area (Å²) in [6.07, 6.45) is 2.37. The predicted octanol–water partition coefficient (Wildman–Crippen LogP) is 4.45. The van der Waals surface area contributed by atoms with Crippen LogP contribution in [0.3, 0.4) is 0 Å². The van der Waals surface area contributed by atoms with Gasteiger partial charge in [-0.15, -0.1) is 0 Å². The van der Waals surface area contributed by atoms with Gasteiger partial charge in [0.15, 0.2) is 23.1 Å². The molecule has 6 nitrogen and oxygen atoms in total. The maximum Gasteiger partial charge on any atom is 0.176 e. The van der Waals surface area contributed by atoms with Gasteiger partial charge < -0.3 is 0 Å². The highest BCUT2D eigenvalue weighted by atomic mass is 127. The molecule has 32 heavy (non-hydrogen) atoms. The van der Waals surface area contributed by atoms with Crippen molar-refractivity contribution in [2.75, 3.05) is 0 Å². The number of carbonyl (C=O) groups excluding carboxylic acids is 6. The molecular weight excluding hydrogens is 638 g/mol. The summed E-state index contributed by atoms with van der Waals surface area (Å²) < 4.78 is 1.02. The van der Waals surface area contributed by atoms with Crippen LogP contribution < -0.4 is 0 Å². The third-order valence-electron chi connectivity index (χ3n) is 7.56. The van der Waals surface area contributed by atoms with Crippen molar-refractivity contribution in [3.63, 3.8) is 0 Å². The van der Waals surface area contributed by atoms with E-state index in [0.29, 0.717) is 44.0 Å². The van der Waals surface area contributed by atoms with Gasteiger partial charge in [-0.05, 0) is 71.9 Å². The quantitative estimate of drug-likeness (QED) is 0.355. The van der Waals surface area contributed by atoms with Crippen molar-refractivity contribution in [2.24, 2.45) is 22.7 Å². The first kappa shape index (κ1) is 25.6. The Labute approximate surface area is 214 Å². The Morgan fingerprint density at radius 1 is 0.656 bits per heavy atom. The van der Waals surface area contributed by atoms with Gasteiger partial charge in [0.1, 0.15) is 11.6 Å². The summed E-state index contributed by atoms with van der Waals surface area (Å²) in [5.41, 5.74) is -0.407. The molecule has 0 heterocycles. The molecule has 4 aliphatic carbocycles. The van der Waals surface area contributed by atoms with E-state index in [1.54, 1.807) is 27.7 Å². The summed E-state index contributed by atoms with van der Waals surface area (Å²) in [6, 6.07) is 0. The van der Waals surface area contributed by atoms with Gasteiger partial charge in [-0.1, -0.05) is 13.8 Å². The molecule has 0 aromatic heterocycles. The van der Waals surface area contributed by atoms with E-state index in [0.717, 1.165) is 0 Å². The number of ketones is 6. The van der Waals surface area contributed by atoms with Crippen LogP contribution in [0.1, 0.15) is 66.2 Å². The molecule has 0 aliphatic heterocycles. The summed E-state index contributed by atoms with van der Waals surface area (Å²) in [4.78, 5) is 71.6. The number of hydrogen-bond donors (Lipinski definition) is 0. The molecule has 0 spiro atoms. The van der Waals surface area contributed by atoms with E-state index in [1.165, 1.54) is 0 Å². The maximum atomic E-state index is 12.2. The Balaban J connectivity index is 0.000000181. The van der Waals surface area contributed by atoms with Crippen molar-refractivity contribution < 1.29 is 28.8 Å². The van der Waals surface area contributed by atoms with Crippen LogP contribution >= 0.6 is 45.2 Å². The second-order valence-electron chi connectivity index (χ2n) is 9.71. The molecule has 4 rings (SSSR count). The number of hydrogen-bond acceptors (Lipinski definition) is 6. The normalized spacial score (nSPS) is 35.4. The molecule has 0 saturated heterocycles. The van der Waals surface area contributed by atoms with Crippen molar-refractivity contribution in [1.82, 2.24) is 0 Å². The average molecular weight is 664 g/mol. The van der Waals surface area contributed by atoms with E-state index in [-0.39, 0.29) is 59.4 Å². The molecular formula is C24H26I2O6. The van der Waals surface area contributed by atoms with Gasteiger partial charge in [0.05, 0.1) is 7.16 Å². The lowest BCUT2D eigenvalue weighted by Crippen LogP contribution is -2.48. The summed E-state index contributed by atoms with van der Waals surface area (Å²) in [5, 5.41) is 0. The van der Waals surface area contributed by atoms with Gasteiger partial charge in [0.25, 0.3) is 0 Å². The topological polar surface area (TPSA) is 102 Å². The van der Waals surface area contributed by atoms with E-state index < -0.39 is 10.8 Å². The summed E-state index contributed by atoms with van der Waals surface area (Å²) in [7, 11) is 0. The molecule has 0 bridgehead atoms. The molecule has 0 N–H and O–H groups in total. The Kier molecular flexibility index (Phi) is 7.16. The monoisotopic (exact) mass is 664 g/mol. The molecule has 0 radical (unpaired) electrons.